The fraction of sp³-hybridized carbons (Fsp3) is 0.0952. The molecule has 0 saturated heterocycles. The van der Waals surface area contributed by atoms with Crippen LogP contribution in [0.1, 0.15) is 5.56 Å². The zero-order valence-electron chi connectivity index (χ0n) is 16.4. The Balaban J connectivity index is 1.48. The van der Waals surface area contributed by atoms with Gasteiger partial charge in [0, 0.05) is 36.1 Å². The Morgan fingerprint density at radius 1 is 1.06 bits per heavy atom. The van der Waals surface area contributed by atoms with E-state index in [2.05, 4.69) is 30.7 Å². The maximum atomic E-state index is 12.4. The molecule has 0 aliphatic rings. The summed E-state index contributed by atoms with van der Waals surface area (Å²) in [5.41, 5.74) is 2.04. The number of halogens is 2. The number of carbonyl (C=O) groups is 1. The van der Waals surface area contributed by atoms with E-state index in [1.807, 2.05) is 25.2 Å². The highest BCUT2D eigenvalue weighted by Crippen LogP contribution is 2.26. The first kappa shape index (κ1) is 20.8. The first-order chi connectivity index (χ1) is 15.0. The number of aromatic nitrogens is 5. The van der Waals surface area contributed by atoms with Crippen LogP contribution >= 0.6 is 23.2 Å². The van der Waals surface area contributed by atoms with Crippen molar-refractivity contribution in [1.82, 2.24) is 24.7 Å². The van der Waals surface area contributed by atoms with Gasteiger partial charge in [0.2, 0.25) is 11.9 Å². The summed E-state index contributed by atoms with van der Waals surface area (Å²) >= 11 is 12.5. The first-order valence-electron chi connectivity index (χ1n) is 9.27. The monoisotopic (exact) mass is 453 g/mol. The maximum absolute atomic E-state index is 12.4. The molecule has 31 heavy (non-hydrogen) atoms. The summed E-state index contributed by atoms with van der Waals surface area (Å²) < 4.78 is 1.68. The molecule has 0 radical (unpaired) electrons. The molecule has 1 aromatic carbocycles. The second-order valence-corrected chi connectivity index (χ2v) is 7.42. The van der Waals surface area contributed by atoms with Crippen molar-refractivity contribution in [1.29, 1.82) is 0 Å². The fourth-order valence-corrected chi connectivity index (χ4v) is 3.27. The van der Waals surface area contributed by atoms with E-state index in [9.17, 15) is 4.79 Å². The van der Waals surface area contributed by atoms with E-state index in [1.54, 1.807) is 47.5 Å². The molecule has 2 N–H and O–H groups in total. The Morgan fingerprint density at radius 2 is 1.90 bits per heavy atom. The number of carbonyl (C=O) groups excluding carboxylic acids is 1. The van der Waals surface area contributed by atoms with E-state index < -0.39 is 0 Å². The van der Waals surface area contributed by atoms with Crippen molar-refractivity contribution in [2.75, 3.05) is 10.6 Å². The average molecular weight is 454 g/mol. The molecule has 0 saturated carbocycles. The Labute approximate surface area is 188 Å². The predicted molar refractivity (Wildman–Crippen MR) is 121 cm³/mol. The molecule has 0 atom stereocenters. The third-order valence-corrected chi connectivity index (χ3v) is 5.08. The Hall–Kier alpha value is -3.49. The van der Waals surface area contributed by atoms with Crippen LogP contribution in [0.3, 0.4) is 0 Å². The van der Waals surface area contributed by atoms with E-state index >= 15 is 0 Å². The van der Waals surface area contributed by atoms with Crippen LogP contribution < -0.4 is 10.6 Å². The van der Waals surface area contributed by atoms with Crippen LogP contribution in [0.25, 0.3) is 11.3 Å². The summed E-state index contributed by atoms with van der Waals surface area (Å²) in [6.07, 6.45) is 5.02. The molecule has 4 aromatic rings. The largest absolute Gasteiger partial charge is 0.309 e. The predicted octanol–water partition coefficient (Wildman–Crippen LogP) is 4.50. The molecule has 3 heterocycles. The van der Waals surface area contributed by atoms with E-state index in [0.29, 0.717) is 27.3 Å². The number of pyridine rings is 1. The minimum atomic E-state index is -0.264. The minimum Gasteiger partial charge on any atom is -0.309 e. The van der Waals surface area contributed by atoms with Crippen LogP contribution in [0.2, 0.25) is 10.0 Å². The second-order valence-electron chi connectivity index (χ2n) is 6.60. The van der Waals surface area contributed by atoms with Crippen molar-refractivity contribution in [3.05, 3.63) is 76.7 Å². The van der Waals surface area contributed by atoms with Gasteiger partial charge in [0.25, 0.3) is 0 Å². The van der Waals surface area contributed by atoms with E-state index in [-0.39, 0.29) is 18.1 Å². The summed E-state index contributed by atoms with van der Waals surface area (Å²) in [7, 11) is 1.81. The molecule has 0 spiro atoms. The summed E-state index contributed by atoms with van der Waals surface area (Å²) in [6, 6.07) is 12.4. The summed E-state index contributed by atoms with van der Waals surface area (Å²) in [5.74, 6) is 1.17. The number of rotatable bonds is 6. The van der Waals surface area contributed by atoms with E-state index in [4.69, 9.17) is 23.2 Å². The van der Waals surface area contributed by atoms with Crippen LogP contribution in [0.4, 0.5) is 17.6 Å². The number of anilines is 3. The van der Waals surface area contributed by atoms with Gasteiger partial charge in [-0.25, -0.2) is 15.0 Å². The average Bonchev–Trinajstić information content (AvgIpc) is 3.16. The Bertz CT molecular complexity index is 1240. The molecule has 3 aromatic heterocycles. The van der Waals surface area contributed by atoms with E-state index in [0.717, 1.165) is 11.4 Å². The number of nitrogens with zero attached hydrogens (tertiary/aromatic N) is 5. The van der Waals surface area contributed by atoms with Crippen molar-refractivity contribution < 1.29 is 4.79 Å². The van der Waals surface area contributed by atoms with Crippen molar-refractivity contribution in [2.45, 2.75) is 6.42 Å². The molecule has 1 amide bonds. The molecular formula is C21H17Cl2N7O. The lowest BCUT2D eigenvalue weighted by molar-refractivity contribution is -0.115. The topological polar surface area (TPSA) is 97.6 Å². The highest BCUT2D eigenvalue weighted by molar-refractivity contribution is 6.33. The zero-order chi connectivity index (χ0) is 21.8. The molecule has 8 nitrogen and oxygen atoms in total. The molecule has 0 aliphatic heterocycles. The van der Waals surface area contributed by atoms with E-state index in [1.165, 1.54) is 0 Å². The van der Waals surface area contributed by atoms with Gasteiger partial charge in [0.15, 0.2) is 5.82 Å². The summed E-state index contributed by atoms with van der Waals surface area (Å²) in [5, 5.41) is 10.7. The molecule has 0 aliphatic carbocycles. The first-order valence-corrected chi connectivity index (χ1v) is 10.0. The van der Waals surface area contributed by atoms with Gasteiger partial charge >= 0.3 is 0 Å². The zero-order valence-corrected chi connectivity index (χ0v) is 17.9. The van der Waals surface area contributed by atoms with Crippen molar-refractivity contribution in [3.8, 4) is 11.3 Å². The highest BCUT2D eigenvalue weighted by Gasteiger charge is 2.12. The number of benzene rings is 1. The van der Waals surface area contributed by atoms with Gasteiger partial charge < -0.3 is 10.6 Å². The molecule has 156 valence electrons. The number of hydrogen-bond donors (Lipinski definition) is 2. The third kappa shape index (κ3) is 4.99. The smallest absolute Gasteiger partial charge is 0.230 e. The number of hydrogen-bond acceptors (Lipinski definition) is 6. The Morgan fingerprint density at radius 3 is 2.65 bits per heavy atom. The van der Waals surface area contributed by atoms with Gasteiger partial charge in [-0.05, 0) is 23.8 Å². The lowest BCUT2D eigenvalue weighted by Gasteiger charge is -2.10. The van der Waals surface area contributed by atoms with Crippen molar-refractivity contribution >= 4 is 46.7 Å². The quantitative estimate of drug-likeness (QED) is 0.445. The SMILES string of the molecule is Cn1nccc1Nc1nccc(-c2cnc(NC(=O)Cc3ccccc3Cl)c(Cl)c2)n1. The number of nitrogens with one attached hydrogen (secondary N) is 2. The van der Waals surface area contributed by atoms with Crippen molar-refractivity contribution in [3.63, 3.8) is 0 Å². The molecular weight excluding hydrogens is 437 g/mol. The molecule has 0 unspecified atom stereocenters. The standard InChI is InChI=1S/C21H17Cl2N7O/c1-30-18(7-9-26-30)28-21-24-8-6-17(27-21)14-10-16(23)20(25-12-14)29-19(31)11-13-4-2-3-5-15(13)22/h2-10,12H,11H2,1H3,(H,24,27,28)(H,25,29,31). The van der Waals surface area contributed by atoms with Gasteiger partial charge in [-0.15, -0.1) is 0 Å². The number of amides is 1. The lowest BCUT2D eigenvalue weighted by Crippen LogP contribution is -2.16. The van der Waals surface area contributed by atoms with Gasteiger partial charge in [0.05, 0.1) is 23.3 Å². The van der Waals surface area contributed by atoms with Gasteiger partial charge in [-0.3, -0.25) is 9.48 Å². The van der Waals surface area contributed by atoms with Gasteiger partial charge in [-0.2, -0.15) is 5.10 Å². The fourth-order valence-electron chi connectivity index (χ4n) is 2.85. The maximum Gasteiger partial charge on any atom is 0.230 e. The van der Waals surface area contributed by atoms with Crippen LogP contribution in [-0.4, -0.2) is 30.6 Å². The van der Waals surface area contributed by atoms with Crippen LogP contribution in [0, 0.1) is 0 Å². The summed E-state index contributed by atoms with van der Waals surface area (Å²) in [6.45, 7) is 0. The van der Waals surface area contributed by atoms with Crippen LogP contribution in [-0.2, 0) is 18.3 Å². The normalized spacial score (nSPS) is 10.7. The van der Waals surface area contributed by atoms with Crippen molar-refractivity contribution in [2.24, 2.45) is 7.05 Å². The van der Waals surface area contributed by atoms with Gasteiger partial charge in [-0.1, -0.05) is 41.4 Å². The Kier molecular flexibility index (Phi) is 6.11. The molecule has 0 bridgehead atoms. The molecule has 10 heteroatoms. The lowest BCUT2D eigenvalue weighted by atomic mass is 10.1. The van der Waals surface area contributed by atoms with Gasteiger partial charge in [0.1, 0.15) is 5.82 Å². The van der Waals surface area contributed by atoms with Crippen LogP contribution in [0.15, 0.2) is 61.1 Å². The molecule has 4 rings (SSSR count). The highest BCUT2D eigenvalue weighted by atomic mass is 35.5. The molecule has 0 fully saturated rings. The third-order valence-electron chi connectivity index (χ3n) is 4.42. The summed E-state index contributed by atoms with van der Waals surface area (Å²) in [4.78, 5) is 25.4. The van der Waals surface area contributed by atoms with Crippen LogP contribution in [0.5, 0.6) is 0 Å². The number of aryl methyl sites for hydroxylation is 1. The minimum absolute atomic E-state index is 0.119. The second kappa shape index (κ2) is 9.11.